The van der Waals surface area contributed by atoms with E-state index >= 15 is 0 Å². The summed E-state index contributed by atoms with van der Waals surface area (Å²) in [5.74, 6) is 0.931. The maximum Gasteiger partial charge on any atom is 0.163 e. The first-order valence-electron chi connectivity index (χ1n) is 14.1. The van der Waals surface area contributed by atoms with Gasteiger partial charge in [-0.25, -0.2) is 0 Å². The lowest BCUT2D eigenvalue weighted by Crippen LogP contribution is -2.50. The summed E-state index contributed by atoms with van der Waals surface area (Å²) in [6.07, 6.45) is 7.66. The predicted molar refractivity (Wildman–Crippen MR) is 149 cm³/mol. The molecule has 1 saturated heterocycles. The summed E-state index contributed by atoms with van der Waals surface area (Å²) < 4.78 is 25.6. The summed E-state index contributed by atoms with van der Waals surface area (Å²) in [6, 6.07) is 16.9. The van der Waals surface area contributed by atoms with E-state index in [0.29, 0.717) is 6.42 Å². The second-order valence-electron chi connectivity index (χ2n) is 11.1. The minimum Gasteiger partial charge on any atom is -0.485 e. The molecule has 0 aliphatic carbocycles. The molecule has 3 unspecified atom stereocenters. The number of hydrogen-bond acceptors (Lipinski definition) is 5. The molecule has 0 amide bonds. The zero-order valence-electron chi connectivity index (χ0n) is 23.2. The van der Waals surface area contributed by atoms with Gasteiger partial charge in [-0.3, -0.25) is 0 Å². The zero-order valence-corrected chi connectivity index (χ0v) is 23.2. The molecule has 5 heteroatoms. The van der Waals surface area contributed by atoms with Crippen molar-refractivity contribution in [3.63, 3.8) is 0 Å². The van der Waals surface area contributed by atoms with Gasteiger partial charge in [0, 0.05) is 23.6 Å². The van der Waals surface area contributed by atoms with E-state index in [4.69, 9.17) is 18.6 Å². The highest BCUT2D eigenvalue weighted by Crippen LogP contribution is 2.41. The quantitative estimate of drug-likeness (QED) is 0.237. The number of fused-ring (bicyclic) bond motifs is 1. The number of furan rings is 1. The van der Waals surface area contributed by atoms with Crippen molar-refractivity contribution in [3.8, 4) is 17.1 Å². The second-order valence-corrected chi connectivity index (χ2v) is 11.1. The van der Waals surface area contributed by atoms with E-state index in [9.17, 15) is 5.11 Å². The molecule has 0 saturated carbocycles. The van der Waals surface area contributed by atoms with Crippen LogP contribution in [0.5, 0.6) is 5.75 Å². The van der Waals surface area contributed by atoms with E-state index < -0.39 is 11.4 Å². The van der Waals surface area contributed by atoms with Crippen LogP contribution in [0, 0.1) is 0 Å². The first kappa shape index (κ1) is 27.7. The molecule has 1 N–H and O–H groups in total. The Hall–Kier alpha value is -2.34. The van der Waals surface area contributed by atoms with Crippen LogP contribution in [-0.2, 0) is 15.9 Å². The highest BCUT2D eigenvalue weighted by Gasteiger charge is 2.51. The molecule has 0 radical (unpaired) electrons. The SMILES string of the molecule is CCCCCc1ccc(-c2cc3ccc(OC(C)(CCC)C4OC(C)(C)OC4CCCO)cc3o2)cc1. The number of aliphatic hydroxyl groups is 1. The number of aliphatic hydroxyl groups excluding tert-OH is 1. The van der Waals surface area contributed by atoms with Gasteiger partial charge in [-0.2, -0.15) is 0 Å². The lowest BCUT2D eigenvalue weighted by atomic mass is 9.88. The fourth-order valence-corrected chi connectivity index (χ4v) is 5.51. The molecule has 1 aliphatic rings. The molecule has 0 spiro atoms. The van der Waals surface area contributed by atoms with Crippen molar-refractivity contribution in [2.45, 2.75) is 110 Å². The van der Waals surface area contributed by atoms with E-state index in [1.165, 1.54) is 24.8 Å². The minimum absolute atomic E-state index is 0.136. The van der Waals surface area contributed by atoms with Crippen LogP contribution in [0.3, 0.4) is 0 Å². The van der Waals surface area contributed by atoms with Crippen LogP contribution < -0.4 is 4.74 Å². The summed E-state index contributed by atoms with van der Waals surface area (Å²) >= 11 is 0. The summed E-state index contributed by atoms with van der Waals surface area (Å²) in [5.41, 5.74) is 2.68. The normalized spacial score (nSPS) is 20.8. The molecule has 0 bridgehead atoms. The monoisotopic (exact) mass is 508 g/mol. The topological polar surface area (TPSA) is 61.1 Å². The lowest BCUT2D eigenvalue weighted by molar-refractivity contribution is -0.165. The van der Waals surface area contributed by atoms with E-state index in [1.807, 2.05) is 26.0 Å². The van der Waals surface area contributed by atoms with E-state index in [0.717, 1.165) is 53.7 Å². The number of hydrogen-bond donors (Lipinski definition) is 1. The van der Waals surface area contributed by atoms with Gasteiger partial charge in [-0.05, 0) is 76.6 Å². The Bertz CT molecular complexity index is 1130. The van der Waals surface area contributed by atoms with E-state index in [-0.39, 0.29) is 18.8 Å². The standard InChI is InChI=1S/C32H44O5/c1-6-8-9-11-23-13-15-24(16-14-23)28-21-25-17-18-26(22-29(25)34-28)35-32(5,19-7-2)30-27(12-10-20-33)36-31(3,4)37-30/h13-18,21-22,27,30,33H,6-12,19-20H2,1-5H3. The largest absolute Gasteiger partial charge is 0.485 e. The van der Waals surface area contributed by atoms with Crippen molar-refractivity contribution < 1.29 is 23.7 Å². The van der Waals surface area contributed by atoms with Gasteiger partial charge in [-0.15, -0.1) is 0 Å². The zero-order chi connectivity index (χ0) is 26.5. The fourth-order valence-electron chi connectivity index (χ4n) is 5.51. The maximum absolute atomic E-state index is 9.39. The molecule has 3 atom stereocenters. The Morgan fingerprint density at radius 2 is 1.73 bits per heavy atom. The molecular weight excluding hydrogens is 464 g/mol. The number of rotatable bonds is 13. The number of aryl methyl sites for hydroxylation is 1. The average molecular weight is 509 g/mol. The third-order valence-electron chi connectivity index (χ3n) is 7.33. The van der Waals surface area contributed by atoms with Gasteiger partial charge in [0.25, 0.3) is 0 Å². The average Bonchev–Trinajstić information content (AvgIpc) is 3.43. The highest BCUT2D eigenvalue weighted by atomic mass is 16.8. The Labute approximate surface area is 222 Å². The number of benzene rings is 2. The van der Waals surface area contributed by atoms with Crippen molar-refractivity contribution in [1.82, 2.24) is 0 Å². The molecular formula is C32H44O5. The molecule has 1 aromatic heterocycles. The smallest absolute Gasteiger partial charge is 0.163 e. The van der Waals surface area contributed by atoms with Crippen LogP contribution in [-0.4, -0.2) is 35.3 Å². The van der Waals surface area contributed by atoms with Crippen molar-refractivity contribution in [1.29, 1.82) is 0 Å². The van der Waals surface area contributed by atoms with Crippen LogP contribution in [0.15, 0.2) is 52.9 Å². The van der Waals surface area contributed by atoms with Crippen LogP contribution in [0.1, 0.15) is 85.1 Å². The highest BCUT2D eigenvalue weighted by molar-refractivity contribution is 5.84. The summed E-state index contributed by atoms with van der Waals surface area (Å²) in [5, 5.41) is 10.4. The Morgan fingerprint density at radius 3 is 2.43 bits per heavy atom. The molecule has 1 aliphatic heterocycles. The van der Waals surface area contributed by atoms with Crippen molar-refractivity contribution >= 4 is 11.0 Å². The lowest BCUT2D eigenvalue weighted by Gasteiger charge is -2.37. The molecule has 202 valence electrons. The third kappa shape index (κ3) is 6.76. The molecule has 1 fully saturated rings. The van der Waals surface area contributed by atoms with Gasteiger partial charge in [0.2, 0.25) is 0 Å². The Kier molecular flexibility index (Phi) is 8.99. The first-order chi connectivity index (χ1) is 17.8. The molecule has 2 heterocycles. The first-order valence-corrected chi connectivity index (χ1v) is 14.1. The Morgan fingerprint density at radius 1 is 0.946 bits per heavy atom. The van der Waals surface area contributed by atoms with Crippen LogP contribution in [0.2, 0.25) is 0 Å². The van der Waals surface area contributed by atoms with Crippen LogP contribution in [0.4, 0.5) is 0 Å². The maximum atomic E-state index is 9.39. The van der Waals surface area contributed by atoms with Gasteiger partial charge in [0.05, 0.1) is 6.10 Å². The van der Waals surface area contributed by atoms with Gasteiger partial charge < -0.3 is 23.7 Å². The van der Waals surface area contributed by atoms with Crippen molar-refractivity contribution in [3.05, 3.63) is 54.1 Å². The predicted octanol–water partition coefficient (Wildman–Crippen LogP) is 8.06. The summed E-state index contributed by atoms with van der Waals surface area (Å²) in [7, 11) is 0. The molecule has 2 aromatic carbocycles. The molecule has 37 heavy (non-hydrogen) atoms. The Balaban J connectivity index is 1.54. The molecule has 4 rings (SSSR count). The molecule has 3 aromatic rings. The third-order valence-corrected chi connectivity index (χ3v) is 7.33. The number of unbranched alkanes of at least 4 members (excludes halogenated alkanes) is 2. The number of ether oxygens (including phenoxy) is 3. The van der Waals surface area contributed by atoms with Crippen molar-refractivity contribution in [2.24, 2.45) is 0 Å². The summed E-state index contributed by atoms with van der Waals surface area (Å²) in [6.45, 7) is 10.5. The fraction of sp³-hybridized carbons (Fsp3) is 0.562. The van der Waals surface area contributed by atoms with E-state index in [2.05, 4.69) is 57.2 Å². The minimum atomic E-state index is -0.686. The van der Waals surface area contributed by atoms with Crippen molar-refractivity contribution in [2.75, 3.05) is 6.61 Å². The van der Waals surface area contributed by atoms with Crippen LogP contribution >= 0.6 is 0 Å². The van der Waals surface area contributed by atoms with Gasteiger partial charge in [0.1, 0.15) is 28.8 Å². The molecule has 5 nitrogen and oxygen atoms in total. The van der Waals surface area contributed by atoms with Gasteiger partial charge >= 0.3 is 0 Å². The van der Waals surface area contributed by atoms with Gasteiger partial charge in [-0.1, -0.05) is 57.4 Å². The van der Waals surface area contributed by atoms with E-state index in [1.54, 1.807) is 0 Å². The summed E-state index contributed by atoms with van der Waals surface area (Å²) in [4.78, 5) is 0. The second kappa shape index (κ2) is 12.0. The van der Waals surface area contributed by atoms with Crippen LogP contribution in [0.25, 0.3) is 22.3 Å². The van der Waals surface area contributed by atoms with Gasteiger partial charge in [0.15, 0.2) is 5.79 Å².